The molecule has 0 aliphatic rings. The Kier molecular flexibility index (Phi) is 3.23. The number of aromatic nitrogens is 2. The normalized spacial score (nSPS) is 10.6. The van der Waals surface area contributed by atoms with Crippen LogP contribution in [0, 0.1) is 0 Å². The molecule has 0 radical (unpaired) electrons. The number of aliphatic carboxylic acids is 1. The molecule has 0 amide bonds. The number of hydrogen-bond donors (Lipinski definition) is 2. The van der Waals surface area contributed by atoms with Gasteiger partial charge in [0.1, 0.15) is 11.9 Å². The minimum absolute atomic E-state index is 0.0252. The monoisotopic (exact) mass is 297 g/mol. The van der Waals surface area contributed by atoms with Gasteiger partial charge in [0.2, 0.25) is 6.20 Å². The minimum Gasteiger partial charge on any atom is -0.481 e. The van der Waals surface area contributed by atoms with Gasteiger partial charge in [0, 0.05) is 4.47 Å². The number of rotatable bonds is 3. The van der Waals surface area contributed by atoms with Crippen LogP contribution in [0.3, 0.4) is 0 Å². The third-order valence-electron chi connectivity index (χ3n) is 2.35. The Morgan fingerprint density at radius 1 is 1.47 bits per heavy atom. The maximum Gasteiger partial charge on any atom is 0.309 e. The molecular weight excluding hydrogens is 288 g/mol. The molecule has 0 aliphatic carbocycles. The number of aromatic amines is 1. The molecule has 0 bridgehead atoms. The van der Waals surface area contributed by atoms with Crippen LogP contribution in [-0.2, 0) is 11.3 Å². The van der Waals surface area contributed by atoms with E-state index in [2.05, 4.69) is 21.0 Å². The van der Waals surface area contributed by atoms with Crippen molar-refractivity contribution >= 4 is 32.8 Å². The number of nitrogens with zero attached hydrogens (tertiary/aromatic N) is 1. The van der Waals surface area contributed by atoms with Crippen LogP contribution >= 0.6 is 15.9 Å². The van der Waals surface area contributed by atoms with Gasteiger partial charge in [-0.25, -0.2) is 0 Å². The lowest BCUT2D eigenvalue weighted by atomic mass is 10.2. The Labute approximate surface area is 105 Å². The number of carbonyl (C=O) groups is 1. The third-order valence-corrected chi connectivity index (χ3v) is 2.84. The SMILES string of the molecule is O=C(O)CC[n+]1cc(=O)c2cc(Br)ccc2[nH]1. The number of carboxylic acid groups (broad SMARTS) is 1. The first-order chi connectivity index (χ1) is 8.06. The lowest BCUT2D eigenvalue weighted by Crippen LogP contribution is -2.41. The van der Waals surface area contributed by atoms with Crippen molar-refractivity contribution in [2.75, 3.05) is 0 Å². The Balaban J connectivity index is 2.45. The van der Waals surface area contributed by atoms with Gasteiger partial charge in [-0.05, 0) is 18.2 Å². The van der Waals surface area contributed by atoms with Crippen LogP contribution < -0.4 is 10.1 Å². The summed E-state index contributed by atoms with van der Waals surface area (Å²) in [6, 6.07) is 5.33. The van der Waals surface area contributed by atoms with Crippen LogP contribution in [-0.4, -0.2) is 16.2 Å². The van der Waals surface area contributed by atoms with Gasteiger partial charge in [0.25, 0.3) is 5.43 Å². The number of aryl methyl sites for hydroxylation is 1. The molecule has 2 aromatic rings. The summed E-state index contributed by atoms with van der Waals surface area (Å²) in [5, 5.41) is 12.1. The van der Waals surface area contributed by atoms with E-state index in [4.69, 9.17) is 5.11 Å². The van der Waals surface area contributed by atoms with Gasteiger partial charge in [-0.1, -0.05) is 15.9 Å². The van der Waals surface area contributed by atoms with Crippen LogP contribution in [0.1, 0.15) is 6.42 Å². The van der Waals surface area contributed by atoms with Crippen LogP contribution in [0.15, 0.2) is 33.7 Å². The number of fused-ring (bicyclic) bond motifs is 1. The van der Waals surface area contributed by atoms with Crippen molar-refractivity contribution < 1.29 is 14.6 Å². The van der Waals surface area contributed by atoms with Crippen molar-refractivity contribution in [3.8, 4) is 0 Å². The highest BCUT2D eigenvalue weighted by atomic mass is 79.9. The van der Waals surface area contributed by atoms with E-state index < -0.39 is 5.97 Å². The summed E-state index contributed by atoms with van der Waals surface area (Å²) in [5.41, 5.74) is 0.552. The molecule has 2 rings (SSSR count). The molecule has 1 aromatic heterocycles. The summed E-state index contributed by atoms with van der Waals surface area (Å²) in [6.45, 7) is 0.247. The molecule has 1 heterocycles. The zero-order valence-electron chi connectivity index (χ0n) is 8.81. The predicted molar refractivity (Wildman–Crippen MR) is 64.7 cm³/mol. The summed E-state index contributed by atoms with van der Waals surface area (Å²) < 4.78 is 2.32. The molecular formula is C11H10BrN2O3+. The smallest absolute Gasteiger partial charge is 0.309 e. The van der Waals surface area contributed by atoms with Crippen LogP contribution in [0.4, 0.5) is 0 Å². The van der Waals surface area contributed by atoms with Gasteiger partial charge < -0.3 is 5.11 Å². The number of H-pyrrole nitrogens is 1. The van der Waals surface area contributed by atoms with E-state index in [0.717, 1.165) is 4.47 Å². The van der Waals surface area contributed by atoms with Crippen molar-refractivity contribution in [3.63, 3.8) is 0 Å². The number of nitrogens with one attached hydrogen (secondary N) is 1. The molecule has 6 heteroatoms. The maximum absolute atomic E-state index is 11.8. The van der Waals surface area contributed by atoms with Crippen molar-refractivity contribution in [2.45, 2.75) is 13.0 Å². The number of halogens is 1. The van der Waals surface area contributed by atoms with E-state index in [0.29, 0.717) is 10.9 Å². The molecule has 0 spiro atoms. The Morgan fingerprint density at radius 3 is 2.94 bits per heavy atom. The number of hydrogen-bond acceptors (Lipinski definition) is 2. The first kappa shape index (κ1) is 11.8. The van der Waals surface area contributed by atoms with E-state index in [-0.39, 0.29) is 18.4 Å². The second-order valence-corrected chi connectivity index (χ2v) is 4.55. The van der Waals surface area contributed by atoms with Crippen molar-refractivity contribution in [1.29, 1.82) is 0 Å². The van der Waals surface area contributed by atoms with Crippen LogP contribution in [0.25, 0.3) is 10.9 Å². The highest BCUT2D eigenvalue weighted by Gasteiger charge is 2.10. The van der Waals surface area contributed by atoms with E-state index >= 15 is 0 Å². The van der Waals surface area contributed by atoms with Crippen molar-refractivity contribution in [2.24, 2.45) is 0 Å². The first-order valence-electron chi connectivity index (χ1n) is 5.00. The average Bonchev–Trinajstić information content (AvgIpc) is 2.27. The Morgan fingerprint density at radius 2 is 2.24 bits per heavy atom. The molecule has 88 valence electrons. The summed E-state index contributed by atoms with van der Waals surface area (Å²) in [5.74, 6) is -0.894. The van der Waals surface area contributed by atoms with Crippen LogP contribution in [0.2, 0.25) is 0 Å². The first-order valence-corrected chi connectivity index (χ1v) is 5.79. The lowest BCUT2D eigenvalue weighted by Gasteiger charge is -1.98. The highest BCUT2D eigenvalue weighted by Crippen LogP contribution is 2.13. The quantitative estimate of drug-likeness (QED) is 0.832. The second-order valence-electron chi connectivity index (χ2n) is 3.63. The molecule has 0 saturated heterocycles. The molecule has 0 atom stereocenters. The molecule has 0 aliphatic heterocycles. The zero-order chi connectivity index (χ0) is 12.4. The molecule has 17 heavy (non-hydrogen) atoms. The standard InChI is InChI=1S/C11H9BrN2O3/c12-7-1-2-9-8(5-7)10(15)6-14(13-9)4-3-11(16)17/h1-2,5-6H,3-4H2,(H-,13,15,16,17)/p+1. The summed E-state index contributed by atoms with van der Waals surface area (Å²) >= 11 is 3.30. The summed E-state index contributed by atoms with van der Waals surface area (Å²) in [7, 11) is 0. The van der Waals surface area contributed by atoms with E-state index in [9.17, 15) is 9.59 Å². The molecule has 1 aromatic carbocycles. The van der Waals surface area contributed by atoms with Crippen LogP contribution in [0.5, 0.6) is 0 Å². The Hall–Kier alpha value is -1.69. The fraction of sp³-hybridized carbons (Fsp3) is 0.182. The van der Waals surface area contributed by atoms with E-state index in [1.807, 2.05) is 6.07 Å². The molecule has 0 unspecified atom stereocenters. The van der Waals surface area contributed by atoms with Gasteiger partial charge in [0.15, 0.2) is 6.54 Å². The second kappa shape index (κ2) is 4.67. The third kappa shape index (κ3) is 2.71. The largest absolute Gasteiger partial charge is 0.481 e. The average molecular weight is 298 g/mol. The summed E-state index contributed by atoms with van der Waals surface area (Å²) in [4.78, 5) is 22.2. The topological polar surface area (TPSA) is 74.0 Å². The highest BCUT2D eigenvalue weighted by molar-refractivity contribution is 9.10. The summed E-state index contributed by atoms with van der Waals surface area (Å²) in [6.07, 6.45) is 1.35. The predicted octanol–water partition coefficient (Wildman–Crippen LogP) is 1.05. The lowest BCUT2D eigenvalue weighted by molar-refractivity contribution is -0.751. The Bertz CT molecular complexity index is 636. The molecule has 0 saturated carbocycles. The molecule has 5 nitrogen and oxygen atoms in total. The number of carboxylic acids is 1. The number of benzene rings is 1. The minimum atomic E-state index is -0.894. The van der Waals surface area contributed by atoms with Crippen molar-refractivity contribution in [1.82, 2.24) is 5.10 Å². The van der Waals surface area contributed by atoms with Crippen molar-refractivity contribution in [3.05, 3.63) is 39.1 Å². The molecule has 2 N–H and O–H groups in total. The molecule has 0 fully saturated rings. The van der Waals surface area contributed by atoms with E-state index in [1.165, 1.54) is 10.9 Å². The van der Waals surface area contributed by atoms with Gasteiger partial charge in [-0.3, -0.25) is 9.59 Å². The van der Waals surface area contributed by atoms with Gasteiger partial charge >= 0.3 is 5.97 Å². The maximum atomic E-state index is 11.8. The zero-order valence-corrected chi connectivity index (χ0v) is 10.4. The van der Waals surface area contributed by atoms with Gasteiger partial charge in [-0.15, -0.1) is 4.68 Å². The van der Waals surface area contributed by atoms with Gasteiger partial charge in [-0.2, -0.15) is 5.10 Å². The fourth-order valence-electron chi connectivity index (χ4n) is 1.55. The fourth-order valence-corrected chi connectivity index (χ4v) is 1.91. The van der Waals surface area contributed by atoms with E-state index in [1.54, 1.807) is 12.1 Å². The van der Waals surface area contributed by atoms with Gasteiger partial charge in [0.05, 0.1) is 5.39 Å².